The highest BCUT2D eigenvalue weighted by Gasteiger charge is 2.40. The van der Waals surface area contributed by atoms with Gasteiger partial charge in [-0.3, -0.25) is 14.8 Å². The molecule has 1 aliphatic rings. The van der Waals surface area contributed by atoms with Crippen LogP contribution in [0.2, 0.25) is 0 Å². The molecule has 146 valence electrons. The maximum atomic E-state index is 13.1. The quantitative estimate of drug-likeness (QED) is 0.653. The van der Waals surface area contributed by atoms with Crippen LogP contribution in [0.1, 0.15) is 0 Å². The van der Waals surface area contributed by atoms with E-state index in [1.807, 2.05) is 24.3 Å². The second kappa shape index (κ2) is 6.98. The van der Waals surface area contributed by atoms with Gasteiger partial charge in [0.05, 0.1) is 24.5 Å². The third kappa shape index (κ3) is 3.52. The molecule has 0 bridgehead atoms. The number of fused-ring (bicyclic) bond motifs is 1. The van der Waals surface area contributed by atoms with E-state index in [1.165, 1.54) is 28.1 Å². The molecule has 4 rings (SSSR count). The fraction of sp³-hybridized carbons (Fsp3) is 0.150. The largest absolute Gasteiger partial charge is 0.573 e. The van der Waals surface area contributed by atoms with Gasteiger partial charge in [0.25, 0.3) is 0 Å². The highest BCUT2D eigenvalue weighted by molar-refractivity contribution is 6.11. The van der Waals surface area contributed by atoms with Crippen LogP contribution < -0.4 is 14.5 Å². The molecule has 0 N–H and O–H groups in total. The third-order valence-corrected chi connectivity index (χ3v) is 4.52. The number of nitrogens with zero attached hydrogens (tertiary/aromatic N) is 4. The summed E-state index contributed by atoms with van der Waals surface area (Å²) in [4.78, 5) is 19.8. The van der Waals surface area contributed by atoms with E-state index in [2.05, 4.69) is 15.8 Å². The Bertz CT molecular complexity index is 1120. The molecule has 6 nitrogen and oxygen atoms in total. The zero-order valence-electron chi connectivity index (χ0n) is 14.8. The van der Waals surface area contributed by atoms with Crippen molar-refractivity contribution < 1.29 is 22.7 Å². The predicted molar refractivity (Wildman–Crippen MR) is 99.5 cm³/mol. The monoisotopic (exact) mass is 398 g/mol. The molecule has 1 fully saturated rings. The van der Waals surface area contributed by atoms with Crippen molar-refractivity contribution in [1.29, 1.82) is 5.26 Å². The number of halogens is 3. The Morgan fingerprint density at radius 2 is 1.93 bits per heavy atom. The van der Waals surface area contributed by atoms with Crippen molar-refractivity contribution in [2.45, 2.75) is 12.4 Å². The molecule has 0 saturated carbocycles. The first-order valence-corrected chi connectivity index (χ1v) is 8.56. The molecule has 0 unspecified atom stereocenters. The van der Waals surface area contributed by atoms with Crippen molar-refractivity contribution in [1.82, 2.24) is 4.98 Å². The summed E-state index contributed by atoms with van der Waals surface area (Å²) in [6, 6.07) is 13.1. The van der Waals surface area contributed by atoms with E-state index in [0.29, 0.717) is 5.69 Å². The molecular formula is C20H13F3N4O2. The van der Waals surface area contributed by atoms with E-state index in [-0.39, 0.29) is 12.2 Å². The van der Waals surface area contributed by atoms with Crippen LogP contribution in [0.5, 0.6) is 5.75 Å². The van der Waals surface area contributed by atoms with Crippen LogP contribution in [-0.4, -0.2) is 30.0 Å². The number of ether oxygens (including phenoxy) is 1. The molecule has 0 spiro atoms. The standard InChI is InChI=1S/C20H13F3N4O2/c21-20(22,23)29-16-6-3-5-14(8-16)26-12-15(9-24)27(19(26)28)18-11-25-10-13-4-1-2-7-17(13)18/h1-8,10-11,15H,12H2/t15-/m0/s1. The first-order chi connectivity index (χ1) is 13.9. The molecular weight excluding hydrogens is 385 g/mol. The first-order valence-electron chi connectivity index (χ1n) is 8.56. The molecule has 1 atom stereocenters. The number of urea groups is 1. The smallest absolute Gasteiger partial charge is 0.406 e. The summed E-state index contributed by atoms with van der Waals surface area (Å²) in [7, 11) is 0. The zero-order chi connectivity index (χ0) is 20.6. The number of benzene rings is 2. The number of carbonyl (C=O) groups is 1. The van der Waals surface area contributed by atoms with Gasteiger partial charge in [-0.05, 0) is 12.1 Å². The van der Waals surface area contributed by atoms with E-state index in [9.17, 15) is 23.2 Å². The Kier molecular flexibility index (Phi) is 4.47. The molecule has 3 aromatic rings. The van der Waals surface area contributed by atoms with Crippen molar-refractivity contribution in [3.8, 4) is 11.8 Å². The van der Waals surface area contributed by atoms with Gasteiger partial charge in [0.1, 0.15) is 11.8 Å². The topological polar surface area (TPSA) is 69.5 Å². The van der Waals surface area contributed by atoms with Gasteiger partial charge < -0.3 is 4.74 Å². The molecule has 2 heterocycles. The Labute approximate surface area is 163 Å². The molecule has 1 aliphatic heterocycles. The highest BCUT2D eigenvalue weighted by Crippen LogP contribution is 2.34. The number of nitriles is 1. The third-order valence-electron chi connectivity index (χ3n) is 4.52. The lowest BCUT2D eigenvalue weighted by atomic mass is 10.1. The number of hydrogen-bond acceptors (Lipinski definition) is 4. The van der Waals surface area contributed by atoms with Crippen LogP contribution >= 0.6 is 0 Å². The van der Waals surface area contributed by atoms with E-state index < -0.39 is 24.2 Å². The summed E-state index contributed by atoms with van der Waals surface area (Å²) in [5, 5.41) is 11.1. The Hall–Kier alpha value is -3.80. The maximum absolute atomic E-state index is 13.1. The highest BCUT2D eigenvalue weighted by atomic mass is 19.4. The van der Waals surface area contributed by atoms with Gasteiger partial charge in [-0.2, -0.15) is 5.26 Å². The van der Waals surface area contributed by atoms with E-state index in [0.717, 1.165) is 22.9 Å². The SMILES string of the molecule is N#C[C@H]1CN(c2cccc(OC(F)(F)F)c2)C(=O)N1c1cncc2ccccc12. The van der Waals surface area contributed by atoms with Crippen molar-refractivity contribution in [2.75, 3.05) is 16.3 Å². The van der Waals surface area contributed by atoms with Gasteiger partial charge in [-0.1, -0.05) is 30.3 Å². The van der Waals surface area contributed by atoms with Gasteiger partial charge in [-0.15, -0.1) is 13.2 Å². The van der Waals surface area contributed by atoms with Gasteiger partial charge in [0.2, 0.25) is 0 Å². The van der Waals surface area contributed by atoms with Crippen LogP contribution in [0.25, 0.3) is 10.8 Å². The van der Waals surface area contributed by atoms with Gasteiger partial charge in [0.15, 0.2) is 0 Å². The van der Waals surface area contributed by atoms with Gasteiger partial charge >= 0.3 is 12.4 Å². The number of amides is 2. The molecule has 0 aliphatic carbocycles. The van der Waals surface area contributed by atoms with Crippen molar-refractivity contribution in [3.05, 3.63) is 60.9 Å². The zero-order valence-corrected chi connectivity index (χ0v) is 14.8. The molecule has 2 amide bonds. The number of aromatic nitrogens is 1. The van der Waals surface area contributed by atoms with Crippen molar-refractivity contribution in [3.63, 3.8) is 0 Å². The molecule has 29 heavy (non-hydrogen) atoms. The molecule has 1 aromatic heterocycles. The Morgan fingerprint density at radius 1 is 1.14 bits per heavy atom. The number of pyridine rings is 1. The summed E-state index contributed by atoms with van der Waals surface area (Å²) in [6.07, 6.45) is -1.70. The minimum Gasteiger partial charge on any atom is -0.406 e. The maximum Gasteiger partial charge on any atom is 0.573 e. The van der Waals surface area contributed by atoms with E-state index in [1.54, 1.807) is 6.20 Å². The Morgan fingerprint density at radius 3 is 2.69 bits per heavy atom. The number of carbonyl (C=O) groups excluding carboxylic acids is 1. The van der Waals surface area contributed by atoms with Crippen LogP contribution in [0, 0.1) is 11.3 Å². The minimum absolute atomic E-state index is 0.00593. The number of rotatable bonds is 3. The summed E-state index contributed by atoms with van der Waals surface area (Å²) < 4.78 is 41.5. The minimum atomic E-state index is -4.84. The average molecular weight is 398 g/mol. The predicted octanol–water partition coefficient (Wildman–Crippen LogP) is 4.47. The molecule has 2 aromatic carbocycles. The number of alkyl halides is 3. The van der Waals surface area contributed by atoms with Gasteiger partial charge in [0, 0.05) is 28.7 Å². The number of hydrogen-bond donors (Lipinski definition) is 0. The first kappa shape index (κ1) is 18.6. The summed E-state index contributed by atoms with van der Waals surface area (Å²) in [5.74, 6) is -0.443. The van der Waals surface area contributed by atoms with Crippen LogP contribution in [0.15, 0.2) is 60.9 Å². The lowest BCUT2D eigenvalue weighted by Gasteiger charge is -2.21. The molecule has 9 heteroatoms. The Balaban J connectivity index is 1.72. The number of anilines is 2. The summed E-state index contributed by atoms with van der Waals surface area (Å²) in [5.41, 5.74) is 0.664. The van der Waals surface area contributed by atoms with Crippen LogP contribution in [-0.2, 0) is 0 Å². The van der Waals surface area contributed by atoms with Crippen LogP contribution in [0.3, 0.4) is 0 Å². The van der Waals surface area contributed by atoms with Crippen LogP contribution in [0.4, 0.5) is 29.3 Å². The fourth-order valence-corrected chi connectivity index (χ4v) is 3.32. The summed E-state index contributed by atoms with van der Waals surface area (Å²) in [6.45, 7) is -0.00593. The van der Waals surface area contributed by atoms with E-state index in [4.69, 9.17) is 0 Å². The normalized spacial score (nSPS) is 16.9. The lowest BCUT2D eigenvalue weighted by Crippen LogP contribution is -2.34. The summed E-state index contributed by atoms with van der Waals surface area (Å²) >= 11 is 0. The van der Waals surface area contributed by atoms with Crippen molar-refractivity contribution >= 4 is 28.2 Å². The molecule has 1 saturated heterocycles. The van der Waals surface area contributed by atoms with E-state index >= 15 is 0 Å². The average Bonchev–Trinajstić information content (AvgIpc) is 3.02. The second-order valence-corrected chi connectivity index (χ2v) is 6.33. The lowest BCUT2D eigenvalue weighted by molar-refractivity contribution is -0.274. The molecule has 0 radical (unpaired) electrons. The van der Waals surface area contributed by atoms with Gasteiger partial charge in [-0.25, -0.2) is 4.79 Å². The second-order valence-electron chi connectivity index (χ2n) is 6.33. The van der Waals surface area contributed by atoms with Crippen molar-refractivity contribution in [2.24, 2.45) is 0 Å². The fourth-order valence-electron chi connectivity index (χ4n) is 3.32.